The van der Waals surface area contributed by atoms with Gasteiger partial charge in [-0.15, -0.1) is 0 Å². The molecule has 0 radical (unpaired) electrons. The molecule has 156 valence electrons. The van der Waals surface area contributed by atoms with Gasteiger partial charge in [-0.1, -0.05) is 56.0 Å². The molecule has 0 unspecified atom stereocenters. The van der Waals surface area contributed by atoms with Crippen LogP contribution in [0.1, 0.15) is 57.8 Å². The Labute approximate surface area is 176 Å². The summed E-state index contributed by atoms with van der Waals surface area (Å²) in [6, 6.07) is 8.46. The second-order valence-corrected chi connectivity index (χ2v) is 9.15. The van der Waals surface area contributed by atoms with E-state index < -0.39 is 0 Å². The van der Waals surface area contributed by atoms with Crippen LogP contribution in [0.25, 0.3) is 11.0 Å². The van der Waals surface area contributed by atoms with Crippen LogP contribution in [-0.4, -0.2) is 39.2 Å². The average molecular weight is 415 g/mol. The quantitative estimate of drug-likeness (QED) is 0.678. The number of nitrogens with one attached hydrogen (secondary N) is 2. The lowest BCUT2D eigenvalue weighted by Crippen LogP contribution is -2.38. The van der Waals surface area contributed by atoms with Crippen LogP contribution in [0.15, 0.2) is 29.4 Å². The van der Waals surface area contributed by atoms with Gasteiger partial charge in [-0.25, -0.2) is 4.98 Å². The van der Waals surface area contributed by atoms with Gasteiger partial charge in [-0.3, -0.25) is 9.59 Å². The number of imidazole rings is 1. The molecule has 29 heavy (non-hydrogen) atoms. The molecule has 1 aromatic heterocycles. The van der Waals surface area contributed by atoms with E-state index in [0.29, 0.717) is 17.8 Å². The SMILES string of the molecule is O=C(CSc1nc2ccccc2n1CC(=O)NC1CCCCC1)NC1CCCC1. The number of rotatable bonds is 7. The molecule has 4 rings (SSSR count). The molecule has 0 aliphatic heterocycles. The van der Waals surface area contributed by atoms with Gasteiger partial charge in [0.2, 0.25) is 11.8 Å². The van der Waals surface area contributed by atoms with E-state index in [4.69, 9.17) is 0 Å². The van der Waals surface area contributed by atoms with Crippen molar-refractivity contribution in [1.29, 1.82) is 0 Å². The van der Waals surface area contributed by atoms with Crippen molar-refractivity contribution in [3.63, 3.8) is 0 Å². The molecular formula is C22H30N4O2S. The van der Waals surface area contributed by atoms with Crippen LogP contribution in [0.2, 0.25) is 0 Å². The van der Waals surface area contributed by atoms with Crippen molar-refractivity contribution in [2.75, 3.05) is 5.75 Å². The Hall–Kier alpha value is -2.02. The maximum absolute atomic E-state index is 12.7. The van der Waals surface area contributed by atoms with Crippen molar-refractivity contribution in [2.24, 2.45) is 0 Å². The molecule has 2 aliphatic carbocycles. The van der Waals surface area contributed by atoms with E-state index in [0.717, 1.165) is 41.9 Å². The Morgan fingerprint density at radius 3 is 2.28 bits per heavy atom. The van der Waals surface area contributed by atoms with Crippen molar-refractivity contribution in [1.82, 2.24) is 20.2 Å². The Morgan fingerprint density at radius 1 is 0.931 bits per heavy atom. The van der Waals surface area contributed by atoms with E-state index in [1.165, 1.54) is 43.9 Å². The zero-order valence-electron chi connectivity index (χ0n) is 16.9. The third-order valence-electron chi connectivity index (χ3n) is 5.94. The molecule has 2 aliphatic rings. The van der Waals surface area contributed by atoms with Gasteiger partial charge in [0, 0.05) is 12.1 Å². The van der Waals surface area contributed by atoms with Gasteiger partial charge in [0.05, 0.1) is 16.8 Å². The summed E-state index contributed by atoms with van der Waals surface area (Å²) in [6.07, 6.45) is 10.3. The Morgan fingerprint density at radius 2 is 1.55 bits per heavy atom. The number of thioether (sulfide) groups is 1. The number of carbonyl (C=O) groups is 2. The molecule has 2 saturated carbocycles. The van der Waals surface area contributed by atoms with Crippen molar-refractivity contribution >= 4 is 34.6 Å². The largest absolute Gasteiger partial charge is 0.353 e. The molecule has 2 aromatic rings. The van der Waals surface area contributed by atoms with E-state index in [1.807, 2.05) is 28.8 Å². The average Bonchev–Trinajstić information content (AvgIpc) is 3.35. The molecule has 1 heterocycles. The van der Waals surface area contributed by atoms with E-state index in [9.17, 15) is 9.59 Å². The normalized spacial score (nSPS) is 18.2. The van der Waals surface area contributed by atoms with E-state index in [2.05, 4.69) is 15.6 Å². The fourth-order valence-electron chi connectivity index (χ4n) is 4.45. The van der Waals surface area contributed by atoms with Crippen LogP contribution in [0.5, 0.6) is 0 Å². The second kappa shape index (κ2) is 9.65. The highest BCUT2D eigenvalue weighted by molar-refractivity contribution is 7.99. The number of nitrogens with zero attached hydrogens (tertiary/aromatic N) is 2. The van der Waals surface area contributed by atoms with Gasteiger partial charge in [-0.05, 0) is 37.8 Å². The Bertz CT molecular complexity index is 854. The predicted octanol–water partition coefficient (Wildman–Crippen LogP) is 3.64. The fourth-order valence-corrected chi connectivity index (χ4v) is 5.27. The molecular weight excluding hydrogens is 384 g/mol. The smallest absolute Gasteiger partial charge is 0.240 e. The third-order valence-corrected chi connectivity index (χ3v) is 6.92. The summed E-state index contributed by atoms with van der Waals surface area (Å²) in [5, 5.41) is 7.04. The van der Waals surface area contributed by atoms with Gasteiger partial charge in [0.1, 0.15) is 6.54 Å². The van der Waals surface area contributed by atoms with Gasteiger partial charge >= 0.3 is 0 Å². The summed E-state index contributed by atoms with van der Waals surface area (Å²) in [4.78, 5) is 29.7. The predicted molar refractivity (Wildman–Crippen MR) is 116 cm³/mol. The molecule has 0 saturated heterocycles. The first-order valence-electron chi connectivity index (χ1n) is 10.9. The lowest BCUT2D eigenvalue weighted by molar-refractivity contribution is -0.122. The van der Waals surface area contributed by atoms with Crippen LogP contribution in [0.4, 0.5) is 0 Å². The zero-order chi connectivity index (χ0) is 20.1. The first-order valence-corrected chi connectivity index (χ1v) is 11.8. The number of amides is 2. The lowest BCUT2D eigenvalue weighted by Gasteiger charge is -2.23. The standard InChI is InChI=1S/C22H30N4O2S/c27-20(23-16-8-2-1-3-9-16)14-26-19-13-7-6-12-18(19)25-22(26)29-15-21(28)24-17-10-4-5-11-17/h6-7,12-13,16-17H,1-5,8-11,14-15H2,(H,23,27)(H,24,28). The number of carbonyl (C=O) groups excluding carboxylic acids is 2. The summed E-state index contributed by atoms with van der Waals surface area (Å²) in [5.74, 6) is 0.397. The van der Waals surface area contributed by atoms with Crippen LogP contribution >= 0.6 is 11.8 Å². The summed E-state index contributed by atoms with van der Waals surface area (Å²) in [6.45, 7) is 0.240. The molecule has 2 fully saturated rings. The minimum absolute atomic E-state index is 0.0253. The van der Waals surface area contributed by atoms with Crippen LogP contribution in [0.3, 0.4) is 0 Å². The van der Waals surface area contributed by atoms with Crippen molar-refractivity contribution in [2.45, 2.75) is 81.6 Å². The highest BCUT2D eigenvalue weighted by Gasteiger charge is 2.20. The molecule has 0 atom stereocenters. The molecule has 2 amide bonds. The summed E-state index contributed by atoms with van der Waals surface area (Å²) in [7, 11) is 0. The van der Waals surface area contributed by atoms with Crippen LogP contribution in [0, 0.1) is 0 Å². The maximum atomic E-state index is 12.7. The Kier molecular flexibility index (Phi) is 6.74. The summed E-state index contributed by atoms with van der Waals surface area (Å²) >= 11 is 1.41. The van der Waals surface area contributed by atoms with Crippen molar-refractivity contribution in [3.8, 4) is 0 Å². The number of fused-ring (bicyclic) bond motifs is 1. The minimum atomic E-state index is 0.0253. The van der Waals surface area contributed by atoms with Crippen LogP contribution < -0.4 is 10.6 Å². The minimum Gasteiger partial charge on any atom is -0.353 e. The molecule has 6 nitrogen and oxygen atoms in total. The number of aromatic nitrogens is 2. The first kappa shape index (κ1) is 20.3. The molecule has 1 aromatic carbocycles. The summed E-state index contributed by atoms with van der Waals surface area (Å²) in [5.41, 5.74) is 1.79. The highest BCUT2D eigenvalue weighted by atomic mass is 32.2. The van der Waals surface area contributed by atoms with Gasteiger partial charge in [0.15, 0.2) is 5.16 Å². The number of benzene rings is 1. The van der Waals surface area contributed by atoms with Gasteiger partial charge in [0.25, 0.3) is 0 Å². The number of para-hydroxylation sites is 2. The molecule has 0 spiro atoms. The lowest BCUT2D eigenvalue weighted by atomic mass is 9.95. The number of hydrogen-bond acceptors (Lipinski definition) is 4. The fraction of sp³-hybridized carbons (Fsp3) is 0.591. The Balaban J connectivity index is 1.42. The van der Waals surface area contributed by atoms with Crippen molar-refractivity contribution < 1.29 is 9.59 Å². The van der Waals surface area contributed by atoms with Gasteiger partial charge in [-0.2, -0.15) is 0 Å². The molecule has 0 bridgehead atoms. The zero-order valence-corrected chi connectivity index (χ0v) is 17.7. The number of hydrogen-bond donors (Lipinski definition) is 2. The molecule has 2 N–H and O–H groups in total. The first-order chi connectivity index (χ1) is 14.2. The van der Waals surface area contributed by atoms with E-state index in [1.54, 1.807) is 0 Å². The topological polar surface area (TPSA) is 76.0 Å². The third kappa shape index (κ3) is 5.32. The van der Waals surface area contributed by atoms with Gasteiger partial charge < -0.3 is 15.2 Å². The second-order valence-electron chi connectivity index (χ2n) is 8.21. The van der Waals surface area contributed by atoms with E-state index >= 15 is 0 Å². The van der Waals surface area contributed by atoms with E-state index in [-0.39, 0.29) is 18.4 Å². The summed E-state index contributed by atoms with van der Waals surface area (Å²) < 4.78 is 1.95. The maximum Gasteiger partial charge on any atom is 0.240 e. The van der Waals surface area contributed by atoms with Crippen LogP contribution in [-0.2, 0) is 16.1 Å². The molecule has 7 heteroatoms. The monoisotopic (exact) mass is 414 g/mol. The van der Waals surface area contributed by atoms with Crippen molar-refractivity contribution in [3.05, 3.63) is 24.3 Å². The highest BCUT2D eigenvalue weighted by Crippen LogP contribution is 2.25.